The Morgan fingerprint density at radius 2 is 1.89 bits per heavy atom. The van der Waals surface area contributed by atoms with Crippen LogP contribution in [-0.4, -0.2) is 15.0 Å². The van der Waals surface area contributed by atoms with Crippen molar-refractivity contribution in [2.24, 2.45) is 0 Å². The maximum absolute atomic E-state index is 5.79. The minimum atomic E-state index is 0.368. The largest absolute Gasteiger partial charge is 0.381 e. The lowest BCUT2D eigenvalue weighted by Gasteiger charge is -2.09. The van der Waals surface area contributed by atoms with Crippen LogP contribution in [-0.2, 0) is 0 Å². The van der Waals surface area contributed by atoms with E-state index < -0.39 is 0 Å². The number of benzene rings is 1. The van der Waals surface area contributed by atoms with E-state index in [4.69, 9.17) is 5.73 Å². The van der Waals surface area contributed by atoms with Gasteiger partial charge < -0.3 is 11.1 Å². The topological polar surface area (TPSA) is 76.7 Å². The van der Waals surface area contributed by atoms with Crippen LogP contribution >= 0.6 is 0 Å². The van der Waals surface area contributed by atoms with Crippen LogP contribution in [0.5, 0.6) is 0 Å². The normalized spacial score (nSPS) is 10.6. The van der Waals surface area contributed by atoms with Crippen LogP contribution in [0.25, 0.3) is 10.9 Å². The Bertz CT molecular complexity index is 739. The zero-order valence-electron chi connectivity index (χ0n) is 10.5. The summed E-state index contributed by atoms with van der Waals surface area (Å²) in [5.41, 5.74) is 8.52. The Hall–Kier alpha value is -2.69. The summed E-state index contributed by atoms with van der Waals surface area (Å²) in [6.45, 7) is 1.97. The molecule has 3 rings (SSSR count). The standard InChI is InChI=1S/C14H13N5/c1-9-5-6-10-3-2-4-11(12(10)18-9)19-14-13(15)16-7-8-17-14/h2-8H,1H3,(H2,15,16)(H,17,19). The summed E-state index contributed by atoms with van der Waals surface area (Å²) in [6.07, 6.45) is 3.16. The number of nitrogens with two attached hydrogens (primary N) is 1. The molecule has 2 aromatic heterocycles. The van der Waals surface area contributed by atoms with Crippen molar-refractivity contribution in [2.75, 3.05) is 11.1 Å². The van der Waals surface area contributed by atoms with Gasteiger partial charge in [0.05, 0.1) is 11.2 Å². The van der Waals surface area contributed by atoms with Gasteiger partial charge in [-0.15, -0.1) is 0 Å². The lowest BCUT2D eigenvalue weighted by Crippen LogP contribution is -2.01. The van der Waals surface area contributed by atoms with Gasteiger partial charge in [0.2, 0.25) is 0 Å². The highest BCUT2D eigenvalue weighted by molar-refractivity contribution is 5.92. The molecule has 0 radical (unpaired) electrons. The zero-order chi connectivity index (χ0) is 13.2. The van der Waals surface area contributed by atoms with Gasteiger partial charge in [-0.05, 0) is 19.1 Å². The first-order valence-electron chi connectivity index (χ1n) is 5.94. The van der Waals surface area contributed by atoms with E-state index in [1.165, 1.54) is 0 Å². The van der Waals surface area contributed by atoms with Gasteiger partial charge in [-0.2, -0.15) is 0 Å². The third-order valence-corrected chi connectivity index (χ3v) is 2.84. The second kappa shape index (κ2) is 4.53. The predicted molar refractivity (Wildman–Crippen MR) is 76.2 cm³/mol. The van der Waals surface area contributed by atoms with Crippen molar-refractivity contribution in [1.29, 1.82) is 0 Å². The molecule has 5 heteroatoms. The minimum Gasteiger partial charge on any atom is -0.381 e. The molecule has 1 aromatic carbocycles. The second-order valence-corrected chi connectivity index (χ2v) is 4.25. The molecule has 0 aliphatic heterocycles. The highest BCUT2D eigenvalue weighted by atomic mass is 15.1. The number of hydrogen-bond donors (Lipinski definition) is 2. The molecule has 0 atom stereocenters. The first-order valence-corrected chi connectivity index (χ1v) is 5.94. The summed E-state index contributed by atoms with van der Waals surface area (Å²) >= 11 is 0. The number of rotatable bonds is 2. The molecule has 0 amide bonds. The van der Waals surface area contributed by atoms with E-state index >= 15 is 0 Å². The van der Waals surface area contributed by atoms with Gasteiger partial charge in [-0.25, -0.2) is 9.97 Å². The van der Waals surface area contributed by atoms with Crippen LogP contribution in [0.3, 0.4) is 0 Å². The third kappa shape index (κ3) is 2.18. The highest BCUT2D eigenvalue weighted by Crippen LogP contribution is 2.25. The van der Waals surface area contributed by atoms with E-state index in [-0.39, 0.29) is 0 Å². The summed E-state index contributed by atoms with van der Waals surface area (Å²) in [4.78, 5) is 12.7. The highest BCUT2D eigenvalue weighted by Gasteiger charge is 2.06. The molecule has 0 bridgehead atoms. The molecule has 0 aliphatic carbocycles. The molecule has 0 unspecified atom stereocenters. The van der Waals surface area contributed by atoms with Gasteiger partial charge in [0.1, 0.15) is 0 Å². The van der Waals surface area contributed by atoms with Crippen molar-refractivity contribution in [1.82, 2.24) is 15.0 Å². The average Bonchev–Trinajstić information content (AvgIpc) is 2.42. The predicted octanol–water partition coefficient (Wildman–Crippen LogP) is 2.66. The maximum atomic E-state index is 5.79. The van der Waals surface area contributed by atoms with E-state index in [0.717, 1.165) is 22.3 Å². The van der Waals surface area contributed by atoms with Crippen molar-refractivity contribution in [3.63, 3.8) is 0 Å². The zero-order valence-corrected chi connectivity index (χ0v) is 10.5. The summed E-state index contributed by atoms with van der Waals surface area (Å²) in [5.74, 6) is 0.908. The Morgan fingerprint density at radius 1 is 1.05 bits per heavy atom. The summed E-state index contributed by atoms with van der Waals surface area (Å²) in [6, 6.07) is 9.97. The Morgan fingerprint density at radius 3 is 2.74 bits per heavy atom. The van der Waals surface area contributed by atoms with Gasteiger partial charge in [0.15, 0.2) is 11.6 Å². The van der Waals surface area contributed by atoms with Crippen molar-refractivity contribution in [3.8, 4) is 0 Å². The number of fused-ring (bicyclic) bond motifs is 1. The van der Waals surface area contributed by atoms with E-state index in [2.05, 4.69) is 20.3 Å². The molecule has 19 heavy (non-hydrogen) atoms. The Balaban J connectivity index is 2.10. The van der Waals surface area contributed by atoms with Crippen LogP contribution in [0.2, 0.25) is 0 Å². The molecule has 3 aromatic rings. The number of aromatic nitrogens is 3. The van der Waals surface area contributed by atoms with Crippen LogP contribution in [0, 0.1) is 6.92 Å². The number of hydrogen-bond acceptors (Lipinski definition) is 5. The number of para-hydroxylation sites is 1. The molecule has 2 heterocycles. The van der Waals surface area contributed by atoms with Crippen molar-refractivity contribution >= 4 is 28.2 Å². The van der Waals surface area contributed by atoms with Crippen LogP contribution in [0.1, 0.15) is 5.69 Å². The molecule has 0 aliphatic rings. The smallest absolute Gasteiger partial charge is 0.173 e. The molecule has 3 N–H and O–H groups in total. The average molecular weight is 251 g/mol. The van der Waals surface area contributed by atoms with Crippen LogP contribution in [0.4, 0.5) is 17.3 Å². The number of aryl methyl sites for hydroxylation is 1. The van der Waals surface area contributed by atoms with E-state index in [1.54, 1.807) is 12.4 Å². The van der Waals surface area contributed by atoms with Crippen molar-refractivity contribution in [2.45, 2.75) is 6.92 Å². The molecule has 0 saturated heterocycles. The number of nitrogens with zero attached hydrogens (tertiary/aromatic N) is 3. The summed E-state index contributed by atoms with van der Waals surface area (Å²) < 4.78 is 0. The van der Waals surface area contributed by atoms with Crippen LogP contribution < -0.4 is 11.1 Å². The Labute approximate surface area is 110 Å². The molecular formula is C14H13N5. The van der Waals surface area contributed by atoms with E-state index in [0.29, 0.717) is 11.6 Å². The first-order chi connectivity index (χ1) is 9.24. The molecule has 94 valence electrons. The van der Waals surface area contributed by atoms with Crippen molar-refractivity contribution in [3.05, 3.63) is 48.4 Å². The lowest BCUT2D eigenvalue weighted by atomic mass is 10.1. The third-order valence-electron chi connectivity index (χ3n) is 2.84. The minimum absolute atomic E-state index is 0.368. The van der Waals surface area contributed by atoms with E-state index in [1.807, 2.05) is 37.3 Å². The van der Waals surface area contributed by atoms with E-state index in [9.17, 15) is 0 Å². The molecule has 0 spiro atoms. The number of nitrogen functional groups attached to an aromatic ring is 1. The van der Waals surface area contributed by atoms with Crippen molar-refractivity contribution < 1.29 is 0 Å². The molecule has 5 nitrogen and oxygen atoms in total. The fourth-order valence-corrected chi connectivity index (χ4v) is 1.92. The molecule has 0 fully saturated rings. The quantitative estimate of drug-likeness (QED) is 0.732. The second-order valence-electron chi connectivity index (χ2n) is 4.25. The molecular weight excluding hydrogens is 238 g/mol. The van der Waals surface area contributed by atoms with Gasteiger partial charge >= 0.3 is 0 Å². The summed E-state index contributed by atoms with van der Waals surface area (Å²) in [7, 11) is 0. The lowest BCUT2D eigenvalue weighted by molar-refractivity contribution is 1.20. The number of anilines is 3. The SMILES string of the molecule is Cc1ccc2cccc(Nc3nccnc3N)c2n1. The van der Waals surface area contributed by atoms with Gasteiger partial charge in [-0.1, -0.05) is 18.2 Å². The van der Waals surface area contributed by atoms with Gasteiger partial charge in [-0.3, -0.25) is 4.98 Å². The van der Waals surface area contributed by atoms with Gasteiger partial charge in [0, 0.05) is 23.5 Å². The Kier molecular flexibility index (Phi) is 2.72. The van der Waals surface area contributed by atoms with Crippen LogP contribution in [0.15, 0.2) is 42.7 Å². The summed E-state index contributed by atoms with van der Waals surface area (Å²) in [5, 5.41) is 4.25. The number of pyridine rings is 1. The monoisotopic (exact) mass is 251 g/mol. The number of nitrogens with one attached hydrogen (secondary N) is 1. The maximum Gasteiger partial charge on any atom is 0.173 e. The fourth-order valence-electron chi connectivity index (χ4n) is 1.92. The molecule has 0 saturated carbocycles. The first kappa shape index (κ1) is 11.4. The van der Waals surface area contributed by atoms with Gasteiger partial charge in [0.25, 0.3) is 0 Å². The fraction of sp³-hybridized carbons (Fsp3) is 0.0714.